The summed E-state index contributed by atoms with van der Waals surface area (Å²) in [5, 5.41) is 0. The fourth-order valence-electron chi connectivity index (χ4n) is 12.4. The van der Waals surface area contributed by atoms with Gasteiger partial charge in [0.15, 0.2) is 6.10 Å². The lowest BCUT2D eigenvalue weighted by Crippen LogP contribution is -2.29. The Morgan fingerprint density at radius 1 is 0.313 bits per heavy atom. The molecule has 9 nitrogen and oxygen atoms in total. The maximum Gasteiger partial charge on any atom is 0.472 e. The van der Waals surface area contributed by atoms with Crippen molar-refractivity contribution in [2.75, 3.05) is 26.4 Å². The van der Waals surface area contributed by atoms with E-state index < -0.39 is 26.5 Å². The van der Waals surface area contributed by atoms with Gasteiger partial charge in [-0.05, 0) is 103 Å². The second kappa shape index (κ2) is 83.6. The lowest BCUT2D eigenvalue weighted by atomic mass is 10.0. The first-order chi connectivity index (χ1) is 48.8. The number of ether oxygens (including phenoxy) is 2. The van der Waals surface area contributed by atoms with Crippen LogP contribution in [0.15, 0.2) is 109 Å². The van der Waals surface area contributed by atoms with Crippen LogP contribution in [0.25, 0.3) is 0 Å². The van der Waals surface area contributed by atoms with E-state index in [0.717, 1.165) is 89.9 Å². The molecule has 574 valence electrons. The summed E-state index contributed by atoms with van der Waals surface area (Å²) < 4.78 is 33.3. The summed E-state index contributed by atoms with van der Waals surface area (Å²) in [6.07, 6.45) is 117. The molecule has 0 saturated carbocycles. The lowest BCUT2D eigenvalue weighted by Gasteiger charge is -2.19. The van der Waals surface area contributed by atoms with Gasteiger partial charge in [0.2, 0.25) is 0 Å². The quantitative estimate of drug-likeness (QED) is 0.0264. The van der Waals surface area contributed by atoms with E-state index in [1.807, 2.05) is 0 Å². The normalized spacial score (nSPS) is 13.4. The number of carbonyl (C=O) groups excluding carboxylic acids is 2. The van der Waals surface area contributed by atoms with Crippen LogP contribution in [-0.2, 0) is 32.7 Å². The fraction of sp³-hybridized carbons (Fsp3) is 0.775. The van der Waals surface area contributed by atoms with Gasteiger partial charge in [0.25, 0.3) is 0 Å². The summed E-state index contributed by atoms with van der Waals surface area (Å²) in [7, 11) is -4.40. The zero-order valence-electron chi connectivity index (χ0n) is 65.0. The average Bonchev–Trinajstić information content (AvgIpc) is 1.64. The summed E-state index contributed by atoms with van der Waals surface area (Å²) >= 11 is 0. The highest BCUT2D eigenvalue weighted by atomic mass is 31.2. The van der Waals surface area contributed by atoms with Crippen LogP contribution in [0, 0.1) is 0 Å². The number of rotatable bonds is 80. The zero-order valence-corrected chi connectivity index (χ0v) is 65.9. The minimum absolute atomic E-state index is 0.0511. The Labute approximate surface area is 613 Å². The molecule has 0 rings (SSSR count). The first kappa shape index (κ1) is 95.7. The van der Waals surface area contributed by atoms with Crippen LogP contribution < -0.4 is 5.73 Å². The second-order valence-corrected chi connectivity index (χ2v) is 29.8. The number of nitrogens with two attached hydrogens (primary N) is 1. The third-order valence-corrected chi connectivity index (χ3v) is 19.6. The molecule has 0 bridgehead atoms. The number of unbranched alkanes of at least 4 members (excludes halogenated alkanes) is 49. The Kier molecular flexibility index (Phi) is 80.8. The van der Waals surface area contributed by atoms with E-state index in [2.05, 4.69) is 123 Å². The molecule has 3 N–H and O–H groups in total. The molecule has 0 radical (unpaired) electrons. The van der Waals surface area contributed by atoms with Gasteiger partial charge < -0.3 is 20.1 Å². The van der Waals surface area contributed by atoms with E-state index in [0.29, 0.717) is 6.42 Å². The zero-order chi connectivity index (χ0) is 71.5. The Balaban J connectivity index is 3.78. The van der Waals surface area contributed by atoms with E-state index in [9.17, 15) is 19.0 Å². The smallest absolute Gasteiger partial charge is 0.462 e. The van der Waals surface area contributed by atoms with Gasteiger partial charge >= 0.3 is 19.8 Å². The predicted molar refractivity (Wildman–Crippen MR) is 431 cm³/mol. The molecule has 0 aromatic rings. The minimum atomic E-state index is -4.40. The van der Waals surface area contributed by atoms with Gasteiger partial charge in [-0.2, -0.15) is 0 Å². The van der Waals surface area contributed by atoms with Crippen LogP contribution in [-0.4, -0.2) is 49.3 Å². The maximum absolute atomic E-state index is 12.8. The highest BCUT2D eigenvalue weighted by Gasteiger charge is 2.26. The van der Waals surface area contributed by atoms with Gasteiger partial charge in [0.1, 0.15) is 6.61 Å². The van der Waals surface area contributed by atoms with Crippen molar-refractivity contribution in [3.8, 4) is 0 Å². The van der Waals surface area contributed by atoms with E-state index in [1.54, 1.807) is 0 Å². The molecule has 10 heteroatoms. The maximum atomic E-state index is 12.8. The largest absolute Gasteiger partial charge is 0.472 e. The van der Waals surface area contributed by atoms with Gasteiger partial charge in [-0.1, -0.05) is 406 Å². The molecule has 2 unspecified atom stereocenters. The first-order valence-corrected chi connectivity index (χ1v) is 43.9. The molecule has 0 fully saturated rings. The summed E-state index contributed by atoms with van der Waals surface area (Å²) in [6.45, 7) is 3.68. The number of hydrogen-bond donors (Lipinski definition) is 2. The van der Waals surface area contributed by atoms with E-state index in [1.165, 1.54) is 289 Å². The van der Waals surface area contributed by atoms with Crippen LogP contribution in [0.5, 0.6) is 0 Å². The van der Waals surface area contributed by atoms with Crippen molar-refractivity contribution in [3.63, 3.8) is 0 Å². The van der Waals surface area contributed by atoms with Gasteiger partial charge in [-0.25, -0.2) is 4.57 Å². The number of phosphoric acid groups is 1. The molecule has 0 amide bonds. The Morgan fingerprint density at radius 3 is 0.838 bits per heavy atom. The SMILES string of the molecule is CC/C=C\C/C=C\C/C=C\C/C=C\C/C=C\C/C=C\C/C=C\C/C=C\CCCCCCCCCCCCCCC(=O)OC(COC(=O)CCCCCCCCCCCCCCCCCCCCCCCCCCCCCCC/C=C\CCCCCCCCCC)COP(=O)(O)OCCN. The molecule has 0 aromatic heterocycles. The molecule has 99 heavy (non-hydrogen) atoms. The molecular weight excluding hydrogens is 1240 g/mol. The van der Waals surface area contributed by atoms with Crippen LogP contribution in [0.2, 0.25) is 0 Å². The molecule has 2 atom stereocenters. The molecule has 0 aliphatic carbocycles. The van der Waals surface area contributed by atoms with Crippen molar-refractivity contribution in [1.82, 2.24) is 0 Å². The topological polar surface area (TPSA) is 134 Å². The third-order valence-electron chi connectivity index (χ3n) is 18.6. The molecule has 0 heterocycles. The van der Waals surface area contributed by atoms with Crippen LogP contribution in [0.4, 0.5) is 0 Å². The number of hydrogen-bond acceptors (Lipinski definition) is 8. The number of esters is 2. The van der Waals surface area contributed by atoms with Crippen LogP contribution >= 0.6 is 7.82 Å². The van der Waals surface area contributed by atoms with Gasteiger partial charge in [-0.15, -0.1) is 0 Å². The van der Waals surface area contributed by atoms with E-state index in [4.69, 9.17) is 24.3 Å². The molecule has 0 aliphatic heterocycles. The van der Waals surface area contributed by atoms with Crippen molar-refractivity contribution < 1.29 is 37.6 Å². The van der Waals surface area contributed by atoms with Crippen molar-refractivity contribution in [2.24, 2.45) is 5.73 Å². The van der Waals surface area contributed by atoms with E-state index >= 15 is 0 Å². The van der Waals surface area contributed by atoms with Crippen molar-refractivity contribution >= 4 is 19.8 Å². The Morgan fingerprint density at radius 2 is 0.556 bits per heavy atom. The van der Waals surface area contributed by atoms with Gasteiger partial charge in [0, 0.05) is 19.4 Å². The Bertz CT molecular complexity index is 2000. The fourth-order valence-corrected chi connectivity index (χ4v) is 13.2. The summed E-state index contributed by atoms with van der Waals surface area (Å²) in [6, 6.07) is 0. The first-order valence-electron chi connectivity index (χ1n) is 42.4. The lowest BCUT2D eigenvalue weighted by molar-refractivity contribution is -0.161. The number of carbonyl (C=O) groups is 2. The molecule has 0 aliphatic rings. The number of allylic oxidation sites excluding steroid dienone is 18. The van der Waals surface area contributed by atoms with Crippen LogP contribution in [0.3, 0.4) is 0 Å². The summed E-state index contributed by atoms with van der Waals surface area (Å²) in [5.41, 5.74) is 5.42. The molecule has 0 aromatic carbocycles. The Hall–Kier alpha value is -3.33. The summed E-state index contributed by atoms with van der Waals surface area (Å²) in [4.78, 5) is 35.5. The predicted octanol–water partition coefficient (Wildman–Crippen LogP) is 28.8. The van der Waals surface area contributed by atoms with Gasteiger partial charge in [-0.3, -0.25) is 18.6 Å². The second-order valence-electron chi connectivity index (χ2n) is 28.3. The number of phosphoric ester groups is 1. The van der Waals surface area contributed by atoms with Crippen molar-refractivity contribution in [1.29, 1.82) is 0 Å². The highest BCUT2D eigenvalue weighted by molar-refractivity contribution is 7.47. The third kappa shape index (κ3) is 83.5. The van der Waals surface area contributed by atoms with Gasteiger partial charge in [0.05, 0.1) is 13.2 Å². The highest BCUT2D eigenvalue weighted by Crippen LogP contribution is 2.43. The average molecular weight is 1400 g/mol. The molecule has 0 spiro atoms. The van der Waals surface area contributed by atoms with Crippen molar-refractivity contribution in [3.05, 3.63) is 109 Å². The monoisotopic (exact) mass is 1400 g/mol. The standard InChI is InChI=1S/C89H160NO8P/c1-3-5-7-9-11-13-15-17-19-21-23-25-27-29-31-33-35-37-39-41-42-43-44-46-47-49-51-53-55-57-59-61-63-65-67-69-71-73-75-77-79-81-88(91)95-85-87(86-97-99(93,94)96-84-83-90)98-89(92)82-80-78-76-74-72-70-68-66-64-62-60-58-56-54-52-50-48-45-40-38-36-34-32-30-28-26-24-22-20-18-16-14-12-10-8-6-4-2/h6,8,12,14,18,20-21,23-24,26,30,32,36,38,45,48,52,54,87H,3-5,7,9-11,13,15-17,19,22,25,27-29,31,33-35,37,39-44,46-47,49-51,53,55-86,90H2,1-2H3,(H,93,94)/b8-6-,14-12-,20-18-,23-21-,26-24-,32-30-,38-36-,48-45-,54-52-. The van der Waals surface area contributed by atoms with Crippen LogP contribution in [0.1, 0.15) is 412 Å². The minimum Gasteiger partial charge on any atom is -0.462 e. The van der Waals surface area contributed by atoms with Crippen molar-refractivity contribution in [2.45, 2.75) is 418 Å². The summed E-state index contributed by atoms with van der Waals surface area (Å²) in [5.74, 6) is -0.816. The van der Waals surface area contributed by atoms with E-state index in [-0.39, 0.29) is 38.6 Å². The molecular formula is C89H160NO8P. The molecule has 0 saturated heterocycles.